The summed E-state index contributed by atoms with van der Waals surface area (Å²) in [6.45, 7) is 0. The van der Waals surface area contributed by atoms with Crippen LogP contribution < -0.4 is 71.9 Å². The maximum atomic E-state index is 10.1. The number of aliphatic carboxylic acids is 3. The molecule has 0 rings (SSSR count). The van der Waals surface area contributed by atoms with E-state index in [2.05, 4.69) is 0 Å². The van der Waals surface area contributed by atoms with Crippen LogP contribution in [0.4, 0.5) is 0 Å². The molecule has 1 N–H and O–H groups in total. The van der Waals surface area contributed by atoms with Crippen molar-refractivity contribution in [3.05, 3.63) is 0 Å². The third-order valence-corrected chi connectivity index (χ3v) is 1.25. The molecule has 0 aliphatic rings. The number of hydrogen-bond acceptors (Lipinski definition) is 7. The van der Waals surface area contributed by atoms with Crippen LogP contribution in [0.25, 0.3) is 0 Å². The van der Waals surface area contributed by atoms with Gasteiger partial charge in [-0.1, -0.05) is 0 Å². The molecule has 0 fully saturated rings. The number of carboxylic acid groups (broad SMARTS) is 3. The topological polar surface area (TPSA) is 141 Å². The van der Waals surface area contributed by atoms with E-state index in [1.54, 1.807) is 0 Å². The number of carboxylic acids is 3. The van der Waals surface area contributed by atoms with E-state index in [4.69, 9.17) is 5.11 Å². The fourth-order valence-corrected chi connectivity index (χ4v) is 0.684. The number of carbonyl (C=O) groups excluding carboxylic acids is 3. The van der Waals surface area contributed by atoms with Crippen molar-refractivity contribution in [2.24, 2.45) is 0 Å². The van der Waals surface area contributed by atoms with Crippen molar-refractivity contribution in [3.8, 4) is 0 Å². The zero-order valence-corrected chi connectivity index (χ0v) is 9.31. The largest absolute Gasteiger partial charge is 1.00 e. The Balaban J connectivity index is -0.000000240. The summed E-state index contributed by atoms with van der Waals surface area (Å²) in [7, 11) is 0. The summed E-state index contributed by atoms with van der Waals surface area (Å²) in [4.78, 5) is 30.0. The van der Waals surface area contributed by atoms with E-state index < -0.39 is 36.4 Å². The average Bonchev–Trinajstić information content (AvgIpc) is 1.82. The molecule has 0 amide bonds. The van der Waals surface area contributed by atoms with Crippen molar-refractivity contribution in [2.75, 3.05) is 0 Å². The Morgan fingerprint density at radius 2 is 1.12 bits per heavy atom. The zero-order chi connectivity index (χ0) is 10.6. The number of hydrogen-bond donors (Lipinski definition) is 1. The first-order valence-corrected chi connectivity index (χ1v) is 3.11. The van der Waals surface area contributed by atoms with Crippen LogP contribution in [0.5, 0.6) is 0 Å². The minimum absolute atomic E-state index is 0. The van der Waals surface area contributed by atoms with E-state index in [1.807, 2.05) is 0 Å². The molecule has 0 radical (unpaired) electrons. The first-order valence-electron chi connectivity index (χ1n) is 3.11. The molecule has 0 aliphatic heterocycles. The van der Waals surface area contributed by atoms with Gasteiger partial charge in [-0.15, -0.1) is 0 Å². The Labute approximate surface area is 127 Å². The first kappa shape index (κ1) is 25.1. The Morgan fingerprint density at radius 1 is 0.875 bits per heavy atom. The van der Waals surface area contributed by atoms with Crippen LogP contribution in [0.1, 0.15) is 12.8 Å². The molecule has 74 valence electrons. The van der Waals surface area contributed by atoms with Crippen molar-refractivity contribution < 1.29 is 91.4 Å². The quantitative estimate of drug-likeness (QED) is 0.351. The second-order valence-corrected chi connectivity index (χ2v) is 2.42. The molecule has 0 aromatic rings. The van der Waals surface area contributed by atoms with Gasteiger partial charge in [0, 0.05) is 24.8 Å². The van der Waals surface area contributed by atoms with Crippen molar-refractivity contribution in [1.82, 2.24) is 0 Å². The second-order valence-electron chi connectivity index (χ2n) is 2.42. The SMILES string of the molecule is O=C([O-])CC(O)(C[13C](=O)[O-])C(=O)[O-].[Li+].[Li+].[Li+]. The smallest absolute Gasteiger partial charge is 0.550 e. The molecule has 7 nitrogen and oxygen atoms in total. The molecule has 10 heteroatoms. The zero-order valence-electron chi connectivity index (χ0n) is 9.31. The standard InChI is InChI=1S/C6H8O7.3Li/c7-3(8)1-6(13,5(11)12)2-4(9)10;;;/h13H,1-2H2,(H,7,8)(H,9,10)(H,11,12);;;/q;3*+1/p-3/i3+1;;;. The molecule has 0 saturated heterocycles. The Kier molecular flexibility index (Phi) is 16.2. The monoisotopic (exact) mass is 211 g/mol. The molecule has 16 heavy (non-hydrogen) atoms. The summed E-state index contributed by atoms with van der Waals surface area (Å²) in [5, 5.41) is 38.9. The van der Waals surface area contributed by atoms with Crippen LogP contribution in [-0.4, -0.2) is 28.6 Å². The fourth-order valence-electron chi connectivity index (χ4n) is 0.684. The Bertz CT molecular complexity index is 239. The maximum Gasteiger partial charge on any atom is 1.00 e. The molecule has 1 unspecified atom stereocenters. The van der Waals surface area contributed by atoms with Crippen LogP contribution in [0.2, 0.25) is 0 Å². The summed E-state index contributed by atoms with van der Waals surface area (Å²) in [5.74, 6) is -5.98. The van der Waals surface area contributed by atoms with Crippen molar-refractivity contribution >= 4 is 17.9 Å². The molecule has 0 aromatic carbocycles. The number of rotatable bonds is 5. The second kappa shape index (κ2) is 10.3. The predicted octanol–water partition coefficient (Wildman–Crippen LogP) is -14.2. The Hall–Kier alpha value is 0.162. The van der Waals surface area contributed by atoms with Gasteiger partial charge < -0.3 is 34.8 Å². The third kappa shape index (κ3) is 9.39. The number of aliphatic hydroxyl groups is 1. The van der Waals surface area contributed by atoms with Crippen LogP contribution in [0.3, 0.4) is 0 Å². The van der Waals surface area contributed by atoms with Gasteiger partial charge in [-0.25, -0.2) is 0 Å². The van der Waals surface area contributed by atoms with Crippen molar-refractivity contribution in [3.63, 3.8) is 0 Å². The minimum atomic E-state index is -2.97. The fraction of sp³-hybridized carbons (Fsp3) is 0.500. The molecule has 0 heterocycles. The summed E-state index contributed by atoms with van der Waals surface area (Å²) >= 11 is 0. The summed E-state index contributed by atoms with van der Waals surface area (Å²) < 4.78 is 0. The van der Waals surface area contributed by atoms with Crippen LogP contribution in [-0.2, 0) is 14.4 Å². The third-order valence-electron chi connectivity index (χ3n) is 1.25. The minimum Gasteiger partial charge on any atom is -0.550 e. The molecule has 0 aliphatic carbocycles. The normalized spacial score (nSPS) is 11.8. The van der Waals surface area contributed by atoms with E-state index in [-0.39, 0.29) is 56.6 Å². The van der Waals surface area contributed by atoms with Crippen LogP contribution in [0.15, 0.2) is 0 Å². The van der Waals surface area contributed by atoms with Gasteiger partial charge in [0.1, 0.15) is 5.60 Å². The van der Waals surface area contributed by atoms with Gasteiger partial charge in [-0.2, -0.15) is 0 Å². The van der Waals surface area contributed by atoms with Gasteiger partial charge in [-0.3, -0.25) is 0 Å². The molecular weight excluding hydrogens is 206 g/mol. The van der Waals surface area contributed by atoms with Gasteiger partial charge in [0.05, 0.1) is 5.97 Å². The van der Waals surface area contributed by atoms with E-state index in [0.717, 1.165) is 0 Å². The molecule has 0 spiro atoms. The van der Waals surface area contributed by atoms with Crippen molar-refractivity contribution in [2.45, 2.75) is 18.4 Å². The summed E-state index contributed by atoms with van der Waals surface area (Å²) in [6.07, 6.45) is -2.72. The van der Waals surface area contributed by atoms with E-state index >= 15 is 0 Å². The van der Waals surface area contributed by atoms with E-state index in [1.165, 1.54) is 0 Å². The molecule has 0 aromatic heterocycles. The van der Waals surface area contributed by atoms with Crippen LogP contribution in [0, 0.1) is 0 Å². The van der Waals surface area contributed by atoms with Crippen LogP contribution >= 0.6 is 0 Å². The number of carbonyl (C=O) groups is 3. The van der Waals surface area contributed by atoms with Crippen molar-refractivity contribution in [1.29, 1.82) is 0 Å². The average molecular weight is 211 g/mol. The molecule has 1 atom stereocenters. The van der Waals surface area contributed by atoms with Gasteiger partial charge in [0.2, 0.25) is 0 Å². The van der Waals surface area contributed by atoms with Gasteiger partial charge in [0.25, 0.3) is 0 Å². The summed E-state index contributed by atoms with van der Waals surface area (Å²) in [6, 6.07) is 0. The van der Waals surface area contributed by atoms with Gasteiger partial charge in [0.15, 0.2) is 0 Å². The summed E-state index contributed by atoms with van der Waals surface area (Å²) in [5.41, 5.74) is -2.97. The van der Waals surface area contributed by atoms with E-state index in [0.29, 0.717) is 0 Å². The van der Waals surface area contributed by atoms with Gasteiger partial charge >= 0.3 is 56.6 Å². The molecular formula is C6H5Li3O7. The Morgan fingerprint density at radius 3 is 1.25 bits per heavy atom. The molecule has 0 saturated carbocycles. The van der Waals surface area contributed by atoms with E-state index in [9.17, 15) is 29.7 Å². The first-order chi connectivity index (χ1) is 5.78. The van der Waals surface area contributed by atoms with Gasteiger partial charge in [-0.05, 0) is 0 Å². The maximum absolute atomic E-state index is 10.1. The predicted molar refractivity (Wildman–Crippen MR) is 29.2 cm³/mol. The molecule has 0 bridgehead atoms.